The largest absolute Gasteiger partial charge is 0.378 e. The van der Waals surface area contributed by atoms with Crippen molar-refractivity contribution in [2.24, 2.45) is 0 Å². The van der Waals surface area contributed by atoms with E-state index in [-0.39, 0.29) is 14.3 Å². The molecule has 2 aromatic carbocycles. The monoisotopic (exact) mass is 512 g/mol. The number of thiazole rings is 1. The molecule has 1 saturated heterocycles. The summed E-state index contributed by atoms with van der Waals surface area (Å²) in [6.45, 7) is 4.84. The van der Waals surface area contributed by atoms with Crippen LogP contribution in [-0.2, 0) is 14.6 Å². The Labute approximate surface area is 209 Å². The molecular weight excluding hydrogens is 488 g/mol. The molecule has 0 saturated carbocycles. The predicted octanol–water partition coefficient (Wildman–Crippen LogP) is 5.86. The van der Waals surface area contributed by atoms with Gasteiger partial charge in [-0.25, -0.2) is 13.4 Å². The van der Waals surface area contributed by atoms with Crippen molar-refractivity contribution in [2.45, 2.75) is 29.7 Å². The van der Waals surface area contributed by atoms with Crippen LogP contribution in [0.15, 0.2) is 75.8 Å². The maximum absolute atomic E-state index is 13.3. The van der Waals surface area contributed by atoms with Gasteiger partial charge < -0.3 is 9.64 Å². The summed E-state index contributed by atoms with van der Waals surface area (Å²) in [5.74, 6) is 0. The topological polar surface area (TPSA) is 59.5 Å². The van der Waals surface area contributed by atoms with Gasteiger partial charge in [-0.1, -0.05) is 59.6 Å². The standard InChI is InChI=1S/C26H25ClN2O3S2/c1-18-7-10-21(11-8-18)34(30,31)26-24(27)33-25(28-26)22-12-9-20(17-19-5-3-2-4-6-19)23(22)29-13-15-32-16-14-29/h2-8,10-11,17H,9,12-16H2,1H3/b20-17+. The summed E-state index contributed by atoms with van der Waals surface area (Å²) >= 11 is 7.74. The Bertz CT molecular complexity index is 1350. The molecule has 5 rings (SSSR count). The van der Waals surface area contributed by atoms with Crippen LogP contribution in [0.4, 0.5) is 0 Å². The summed E-state index contributed by atoms with van der Waals surface area (Å²) < 4.78 is 32.4. The molecule has 0 N–H and O–H groups in total. The van der Waals surface area contributed by atoms with Gasteiger partial charge >= 0.3 is 0 Å². The minimum absolute atomic E-state index is 0.0627. The van der Waals surface area contributed by atoms with Gasteiger partial charge in [0.05, 0.1) is 18.1 Å². The van der Waals surface area contributed by atoms with Crippen LogP contribution in [0.5, 0.6) is 0 Å². The summed E-state index contributed by atoms with van der Waals surface area (Å²) in [6, 6.07) is 17.0. The fourth-order valence-corrected chi connectivity index (χ4v) is 7.36. The third-order valence-electron chi connectivity index (χ3n) is 6.10. The zero-order chi connectivity index (χ0) is 23.7. The number of ether oxygens (including phenoxy) is 1. The minimum atomic E-state index is -3.80. The molecule has 0 atom stereocenters. The first-order chi connectivity index (χ1) is 16.4. The van der Waals surface area contributed by atoms with Crippen molar-refractivity contribution in [1.29, 1.82) is 0 Å². The normalized spacial score (nSPS) is 18.2. The van der Waals surface area contributed by atoms with E-state index in [1.807, 2.05) is 25.1 Å². The van der Waals surface area contributed by atoms with E-state index in [0.29, 0.717) is 18.2 Å². The fraction of sp³-hybridized carbons (Fsp3) is 0.269. The Balaban J connectivity index is 1.59. The van der Waals surface area contributed by atoms with Gasteiger partial charge in [-0.05, 0) is 49.1 Å². The highest BCUT2D eigenvalue weighted by molar-refractivity contribution is 7.91. The van der Waals surface area contributed by atoms with E-state index >= 15 is 0 Å². The van der Waals surface area contributed by atoms with Crippen LogP contribution in [0.1, 0.15) is 29.0 Å². The molecule has 0 spiro atoms. The first kappa shape index (κ1) is 23.3. The van der Waals surface area contributed by atoms with E-state index in [1.54, 1.807) is 24.3 Å². The minimum Gasteiger partial charge on any atom is -0.378 e. The second-order valence-electron chi connectivity index (χ2n) is 8.42. The Morgan fingerprint density at radius 3 is 2.44 bits per heavy atom. The third-order valence-corrected chi connectivity index (χ3v) is 9.36. The van der Waals surface area contributed by atoms with Crippen LogP contribution in [0.25, 0.3) is 11.6 Å². The van der Waals surface area contributed by atoms with E-state index in [4.69, 9.17) is 16.3 Å². The lowest BCUT2D eigenvalue weighted by atomic mass is 10.1. The van der Waals surface area contributed by atoms with Crippen molar-refractivity contribution in [3.8, 4) is 0 Å². The van der Waals surface area contributed by atoms with Gasteiger partial charge in [-0.15, -0.1) is 11.3 Å². The maximum atomic E-state index is 13.3. The van der Waals surface area contributed by atoms with Crippen molar-refractivity contribution in [1.82, 2.24) is 9.88 Å². The number of rotatable bonds is 5. The van der Waals surface area contributed by atoms with Gasteiger partial charge in [0.2, 0.25) is 9.84 Å². The number of halogens is 1. The van der Waals surface area contributed by atoms with Crippen LogP contribution in [0, 0.1) is 6.92 Å². The Hall–Kier alpha value is -2.45. The molecule has 0 bridgehead atoms. The summed E-state index contributed by atoms with van der Waals surface area (Å²) in [7, 11) is -3.80. The van der Waals surface area contributed by atoms with Gasteiger partial charge in [-0.3, -0.25) is 0 Å². The molecule has 34 heavy (non-hydrogen) atoms. The zero-order valence-corrected chi connectivity index (χ0v) is 21.2. The molecule has 5 nitrogen and oxygen atoms in total. The van der Waals surface area contributed by atoms with Crippen molar-refractivity contribution in [3.63, 3.8) is 0 Å². The number of hydrogen-bond acceptors (Lipinski definition) is 6. The third kappa shape index (κ3) is 4.58. The van der Waals surface area contributed by atoms with Crippen LogP contribution >= 0.6 is 22.9 Å². The fourth-order valence-electron chi connectivity index (χ4n) is 4.38. The van der Waals surface area contributed by atoms with E-state index in [1.165, 1.54) is 16.9 Å². The van der Waals surface area contributed by atoms with Crippen LogP contribution in [0.2, 0.25) is 4.34 Å². The van der Waals surface area contributed by atoms with E-state index in [9.17, 15) is 8.42 Å². The Morgan fingerprint density at radius 2 is 1.74 bits per heavy atom. The van der Waals surface area contributed by atoms with E-state index in [0.717, 1.165) is 48.3 Å². The van der Waals surface area contributed by atoms with Gasteiger partial charge in [-0.2, -0.15) is 0 Å². The summed E-state index contributed by atoms with van der Waals surface area (Å²) in [4.78, 5) is 7.15. The molecule has 176 valence electrons. The number of aromatic nitrogens is 1. The maximum Gasteiger partial charge on any atom is 0.226 e. The molecule has 0 amide bonds. The number of hydrogen-bond donors (Lipinski definition) is 0. The SMILES string of the molecule is Cc1ccc(S(=O)(=O)c2nc(C3=C(N4CCOCC4)/C(=C/c4ccccc4)CC3)sc2Cl)cc1. The van der Waals surface area contributed by atoms with Crippen molar-refractivity contribution in [3.05, 3.63) is 86.3 Å². The number of allylic oxidation sites excluding steroid dienone is 2. The highest BCUT2D eigenvalue weighted by Gasteiger charge is 2.32. The van der Waals surface area contributed by atoms with Gasteiger partial charge in [0.1, 0.15) is 9.34 Å². The highest BCUT2D eigenvalue weighted by atomic mass is 35.5. The molecule has 1 fully saturated rings. The Kier molecular flexibility index (Phi) is 6.62. The molecule has 0 unspecified atom stereocenters. The lowest BCUT2D eigenvalue weighted by Crippen LogP contribution is -2.36. The second-order valence-corrected chi connectivity index (χ2v) is 11.9. The Morgan fingerprint density at radius 1 is 1.03 bits per heavy atom. The lowest BCUT2D eigenvalue weighted by molar-refractivity contribution is 0.0553. The lowest BCUT2D eigenvalue weighted by Gasteiger charge is -2.31. The van der Waals surface area contributed by atoms with Crippen molar-refractivity contribution < 1.29 is 13.2 Å². The van der Waals surface area contributed by atoms with Gasteiger partial charge in [0.15, 0.2) is 5.03 Å². The first-order valence-corrected chi connectivity index (χ1v) is 13.9. The van der Waals surface area contributed by atoms with Crippen LogP contribution < -0.4 is 0 Å². The molecular formula is C26H25ClN2O3S2. The molecule has 1 aromatic heterocycles. The van der Waals surface area contributed by atoms with Crippen molar-refractivity contribution >= 4 is 44.4 Å². The second kappa shape index (κ2) is 9.66. The molecule has 0 radical (unpaired) electrons. The van der Waals surface area contributed by atoms with Gasteiger partial charge in [0, 0.05) is 24.4 Å². The molecule has 1 aliphatic carbocycles. The summed E-state index contributed by atoms with van der Waals surface area (Å²) in [5.41, 5.74) is 5.56. The summed E-state index contributed by atoms with van der Waals surface area (Å²) in [5, 5.41) is 0.612. The van der Waals surface area contributed by atoms with E-state index in [2.05, 4.69) is 28.1 Å². The molecule has 3 aromatic rings. The molecule has 2 aliphatic rings. The zero-order valence-electron chi connectivity index (χ0n) is 18.8. The quantitative estimate of drug-likeness (QED) is 0.428. The number of nitrogens with zero attached hydrogens (tertiary/aromatic N) is 2. The molecule has 1 aliphatic heterocycles. The molecule has 2 heterocycles. The average molecular weight is 513 g/mol. The number of morpholine rings is 1. The number of benzene rings is 2. The van der Waals surface area contributed by atoms with Crippen molar-refractivity contribution in [2.75, 3.05) is 26.3 Å². The summed E-state index contributed by atoms with van der Waals surface area (Å²) in [6.07, 6.45) is 3.88. The van der Waals surface area contributed by atoms with Crippen LogP contribution in [-0.4, -0.2) is 44.6 Å². The molecule has 8 heteroatoms. The van der Waals surface area contributed by atoms with Crippen LogP contribution in [0.3, 0.4) is 0 Å². The van der Waals surface area contributed by atoms with Gasteiger partial charge in [0.25, 0.3) is 0 Å². The smallest absolute Gasteiger partial charge is 0.226 e. The highest BCUT2D eigenvalue weighted by Crippen LogP contribution is 2.44. The predicted molar refractivity (Wildman–Crippen MR) is 137 cm³/mol. The first-order valence-electron chi connectivity index (χ1n) is 11.2. The average Bonchev–Trinajstić information content (AvgIpc) is 3.44. The number of sulfone groups is 1. The van der Waals surface area contributed by atoms with E-state index < -0.39 is 9.84 Å². The number of aryl methyl sites for hydroxylation is 1.